The first kappa shape index (κ1) is 14.6. The molecule has 2 nitrogen and oxygen atoms in total. The number of carbonyl (C=O) groups is 1. The maximum atomic E-state index is 13.5. The molecule has 0 unspecified atom stereocenters. The summed E-state index contributed by atoms with van der Waals surface area (Å²) in [6.45, 7) is 0. The number of fused-ring (bicyclic) bond motifs is 1. The Morgan fingerprint density at radius 3 is 2.55 bits per heavy atom. The molecule has 0 heterocycles. The maximum Gasteiger partial charge on any atom is 0.234 e. The van der Waals surface area contributed by atoms with Crippen LogP contribution in [0.15, 0.2) is 71.6 Å². The van der Waals surface area contributed by atoms with E-state index in [1.165, 1.54) is 17.8 Å². The van der Waals surface area contributed by atoms with Gasteiger partial charge >= 0.3 is 0 Å². The van der Waals surface area contributed by atoms with Gasteiger partial charge < -0.3 is 5.32 Å². The van der Waals surface area contributed by atoms with E-state index in [9.17, 15) is 9.18 Å². The SMILES string of the molecule is O=C(CSc1cccc2ccccc12)Nc1ccccc1F. The van der Waals surface area contributed by atoms with Crippen LogP contribution in [0.4, 0.5) is 10.1 Å². The minimum atomic E-state index is -0.425. The number of para-hydroxylation sites is 1. The van der Waals surface area contributed by atoms with Crippen LogP contribution in [0, 0.1) is 5.82 Å². The third-order valence-electron chi connectivity index (χ3n) is 3.26. The number of amides is 1. The molecule has 0 spiro atoms. The Bertz CT molecular complexity index is 814. The molecule has 0 fully saturated rings. The average molecular weight is 311 g/mol. The predicted molar refractivity (Wildman–Crippen MR) is 89.7 cm³/mol. The number of carbonyl (C=O) groups excluding carboxylic acids is 1. The van der Waals surface area contributed by atoms with E-state index in [1.807, 2.05) is 42.5 Å². The van der Waals surface area contributed by atoms with Gasteiger partial charge in [0.15, 0.2) is 0 Å². The van der Waals surface area contributed by atoms with Crippen molar-refractivity contribution in [2.45, 2.75) is 4.90 Å². The number of thioether (sulfide) groups is 1. The number of hydrogen-bond acceptors (Lipinski definition) is 2. The molecule has 0 radical (unpaired) electrons. The standard InChI is InChI=1S/C18H14FNOS/c19-15-9-3-4-10-16(15)20-18(21)12-22-17-11-5-7-13-6-1-2-8-14(13)17/h1-11H,12H2,(H,20,21). The zero-order chi connectivity index (χ0) is 15.4. The van der Waals surface area contributed by atoms with E-state index in [1.54, 1.807) is 18.2 Å². The highest BCUT2D eigenvalue weighted by molar-refractivity contribution is 8.00. The number of nitrogens with one attached hydrogen (secondary N) is 1. The van der Waals surface area contributed by atoms with Crippen LogP contribution in [-0.2, 0) is 4.79 Å². The molecule has 0 saturated carbocycles. The van der Waals surface area contributed by atoms with Crippen LogP contribution in [0.1, 0.15) is 0 Å². The summed E-state index contributed by atoms with van der Waals surface area (Å²) < 4.78 is 13.5. The van der Waals surface area contributed by atoms with Crippen molar-refractivity contribution < 1.29 is 9.18 Å². The van der Waals surface area contributed by atoms with Crippen molar-refractivity contribution in [1.29, 1.82) is 0 Å². The van der Waals surface area contributed by atoms with E-state index < -0.39 is 5.82 Å². The largest absolute Gasteiger partial charge is 0.323 e. The highest BCUT2D eigenvalue weighted by Crippen LogP contribution is 2.27. The quantitative estimate of drug-likeness (QED) is 0.707. The Morgan fingerprint density at radius 1 is 0.955 bits per heavy atom. The van der Waals surface area contributed by atoms with E-state index in [0.717, 1.165) is 15.7 Å². The van der Waals surface area contributed by atoms with Gasteiger partial charge in [0, 0.05) is 4.90 Å². The van der Waals surface area contributed by atoms with Crippen LogP contribution in [0.3, 0.4) is 0 Å². The summed E-state index contributed by atoms with van der Waals surface area (Å²) in [4.78, 5) is 13.0. The third-order valence-corrected chi connectivity index (χ3v) is 4.33. The van der Waals surface area contributed by atoms with Crippen LogP contribution >= 0.6 is 11.8 Å². The molecule has 1 amide bonds. The van der Waals surface area contributed by atoms with Gasteiger partial charge in [0.05, 0.1) is 11.4 Å². The molecule has 3 rings (SSSR count). The first-order chi connectivity index (χ1) is 10.7. The van der Waals surface area contributed by atoms with Crippen molar-refractivity contribution >= 4 is 34.1 Å². The molecular weight excluding hydrogens is 297 g/mol. The Kier molecular flexibility index (Phi) is 4.39. The van der Waals surface area contributed by atoms with Gasteiger partial charge in [0.1, 0.15) is 5.82 Å². The first-order valence-electron chi connectivity index (χ1n) is 6.89. The summed E-state index contributed by atoms with van der Waals surface area (Å²) in [5, 5.41) is 4.85. The number of rotatable bonds is 4. The normalized spacial score (nSPS) is 10.6. The average Bonchev–Trinajstić information content (AvgIpc) is 2.55. The third kappa shape index (κ3) is 3.28. The molecule has 110 valence electrons. The second kappa shape index (κ2) is 6.62. The molecule has 0 aromatic heterocycles. The van der Waals surface area contributed by atoms with Crippen molar-refractivity contribution in [3.05, 3.63) is 72.5 Å². The number of anilines is 1. The Balaban J connectivity index is 1.69. The molecule has 3 aromatic rings. The number of hydrogen-bond donors (Lipinski definition) is 1. The minimum Gasteiger partial charge on any atom is -0.323 e. The van der Waals surface area contributed by atoms with Crippen LogP contribution in [0.25, 0.3) is 10.8 Å². The molecule has 22 heavy (non-hydrogen) atoms. The van der Waals surface area contributed by atoms with Crippen LogP contribution in [0.2, 0.25) is 0 Å². The lowest BCUT2D eigenvalue weighted by Gasteiger charge is -2.08. The van der Waals surface area contributed by atoms with Crippen LogP contribution in [-0.4, -0.2) is 11.7 Å². The fraction of sp³-hybridized carbons (Fsp3) is 0.0556. The van der Waals surface area contributed by atoms with Gasteiger partial charge in [-0.05, 0) is 29.0 Å². The number of benzene rings is 3. The van der Waals surface area contributed by atoms with Gasteiger partial charge in [-0.1, -0.05) is 48.5 Å². The lowest BCUT2D eigenvalue weighted by molar-refractivity contribution is -0.113. The van der Waals surface area contributed by atoms with E-state index in [-0.39, 0.29) is 17.3 Å². The van der Waals surface area contributed by atoms with Crippen molar-refractivity contribution in [2.24, 2.45) is 0 Å². The highest BCUT2D eigenvalue weighted by atomic mass is 32.2. The van der Waals surface area contributed by atoms with Crippen molar-refractivity contribution in [1.82, 2.24) is 0 Å². The van der Waals surface area contributed by atoms with Crippen molar-refractivity contribution in [3.63, 3.8) is 0 Å². The Labute approximate surface area is 132 Å². The molecule has 0 saturated heterocycles. The predicted octanol–water partition coefficient (Wildman–Crippen LogP) is 4.71. The molecule has 1 N–H and O–H groups in total. The summed E-state index contributed by atoms with van der Waals surface area (Å²) in [7, 11) is 0. The minimum absolute atomic E-state index is 0.214. The van der Waals surface area contributed by atoms with E-state index in [0.29, 0.717) is 0 Å². The molecule has 0 bridgehead atoms. The highest BCUT2D eigenvalue weighted by Gasteiger charge is 2.08. The van der Waals surface area contributed by atoms with Gasteiger partial charge in [-0.3, -0.25) is 4.79 Å². The molecular formula is C18H14FNOS. The van der Waals surface area contributed by atoms with Gasteiger partial charge in [-0.2, -0.15) is 0 Å². The van der Waals surface area contributed by atoms with Gasteiger partial charge in [-0.25, -0.2) is 4.39 Å². The van der Waals surface area contributed by atoms with Gasteiger partial charge in [0.2, 0.25) is 5.91 Å². The topological polar surface area (TPSA) is 29.1 Å². The maximum absolute atomic E-state index is 13.5. The first-order valence-corrected chi connectivity index (χ1v) is 7.87. The van der Waals surface area contributed by atoms with Crippen LogP contribution < -0.4 is 5.32 Å². The van der Waals surface area contributed by atoms with Crippen molar-refractivity contribution in [3.8, 4) is 0 Å². The molecule has 0 aliphatic rings. The van der Waals surface area contributed by atoms with Crippen molar-refractivity contribution in [2.75, 3.05) is 11.1 Å². The Morgan fingerprint density at radius 2 is 1.68 bits per heavy atom. The summed E-state index contributed by atoms with van der Waals surface area (Å²) in [5.74, 6) is -0.406. The molecule has 3 aromatic carbocycles. The summed E-state index contributed by atoms with van der Waals surface area (Å²) in [6.07, 6.45) is 0. The fourth-order valence-corrected chi connectivity index (χ4v) is 3.09. The van der Waals surface area contributed by atoms with E-state index >= 15 is 0 Å². The van der Waals surface area contributed by atoms with E-state index in [4.69, 9.17) is 0 Å². The van der Waals surface area contributed by atoms with E-state index in [2.05, 4.69) is 5.32 Å². The Hall–Kier alpha value is -2.33. The summed E-state index contributed by atoms with van der Waals surface area (Å²) in [5.41, 5.74) is 0.214. The summed E-state index contributed by atoms with van der Waals surface area (Å²) in [6, 6.07) is 20.2. The number of halogens is 1. The lowest BCUT2D eigenvalue weighted by Crippen LogP contribution is -2.14. The summed E-state index contributed by atoms with van der Waals surface area (Å²) >= 11 is 1.45. The smallest absolute Gasteiger partial charge is 0.234 e. The lowest BCUT2D eigenvalue weighted by atomic mass is 10.1. The zero-order valence-electron chi connectivity index (χ0n) is 11.8. The molecule has 0 aliphatic heterocycles. The fourth-order valence-electron chi connectivity index (χ4n) is 2.21. The monoisotopic (exact) mass is 311 g/mol. The second-order valence-electron chi connectivity index (χ2n) is 4.79. The molecule has 4 heteroatoms. The van der Waals surface area contributed by atoms with Gasteiger partial charge in [0.25, 0.3) is 0 Å². The molecule has 0 atom stereocenters. The zero-order valence-corrected chi connectivity index (χ0v) is 12.6. The second-order valence-corrected chi connectivity index (χ2v) is 5.81. The molecule has 0 aliphatic carbocycles. The van der Waals surface area contributed by atoms with Crippen LogP contribution in [0.5, 0.6) is 0 Å². The van der Waals surface area contributed by atoms with Gasteiger partial charge in [-0.15, -0.1) is 11.8 Å².